The molecule has 0 saturated carbocycles. The molecule has 94 valence electrons. The molecule has 0 aliphatic carbocycles. The van der Waals surface area contributed by atoms with Gasteiger partial charge in [-0.25, -0.2) is 0 Å². The average molecular weight is 254 g/mol. The highest BCUT2D eigenvalue weighted by Gasteiger charge is 2.11. The van der Waals surface area contributed by atoms with Crippen LogP contribution in [0.4, 0.5) is 0 Å². The van der Waals surface area contributed by atoms with Crippen LogP contribution in [-0.2, 0) is 6.54 Å². The van der Waals surface area contributed by atoms with E-state index in [4.69, 9.17) is 18.0 Å². The van der Waals surface area contributed by atoms with Crippen molar-refractivity contribution >= 4 is 23.1 Å². The summed E-state index contributed by atoms with van der Waals surface area (Å²) in [5.74, 6) is -0.101. The molecule has 5 nitrogen and oxygen atoms in total. The van der Waals surface area contributed by atoms with E-state index >= 15 is 0 Å². The van der Waals surface area contributed by atoms with Crippen molar-refractivity contribution < 1.29 is 4.79 Å². The summed E-state index contributed by atoms with van der Waals surface area (Å²) in [4.78, 5) is 12.3. The van der Waals surface area contributed by atoms with E-state index in [9.17, 15) is 4.79 Å². The monoisotopic (exact) mass is 254 g/mol. The summed E-state index contributed by atoms with van der Waals surface area (Å²) in [6.45, 7) is 5.08. The fourth-order valence-corrected chi connectivity index (χ4v) is 1.67. The Morgan fingerprint density at radius 2 is 2.35 bits per heavy atom. The molecule has 0 aliphatic heterocycles. The van der Waals surface area contributed by atoms with Crippen LogP contribution >= 0.6 is 12.2 Å². The van der Waals surface area contributed by atoms with Gasteiger partial charge in [-0.05, 0) is 32.8 Å². The lowest BCUT2D eigenvalue weighted by molar-refractivity contribution is 0.0942. The third kappa shape index (κ3) is 4.14. The number of hydrogen-bond donors (Lipinski definition) is 2. The molecule has 0 bridgehead atoms. The van der Waals surface area contributed by atoms with Crippen LogP contribution in [0.3, 0.4) is 0 Å². The lowest BCUT2D eigenvalue weighted by Crippen LogP contribution is -2.27. The fourth-order valence-electron chi connectivity index (χ4n) is 1.52. The molecule has 0 radical (unpaired) electrons. The molecular weight excluding hydrogens is 236 g/mol. The number of aryl methyl sites for hydroxylation is 2. The molecule has 1 aromatic heterocycles. The minimum atomic E-state index is -0.101. The minimum Gasteiger partial charge on any atom is -0.393 e. The van der Waals surface area contributed by atoms with Crippen molar-refractivity contribution in [2.24, 2.45) is 5.73 Å². The number of carbonyl (C=O) groups excluding carboxylic acids is 1. The van der Waals surface area contributed by atoms with Crippen LogP contribution in [0.15, 0.2) is 6.07 Å². The first kappa shape index (κ1) is 13.6. The number of carbonyl (C=O) groups is 1. The zero-order valence-electron chi connectivity index (χ0n) is 10.2. The lowest BCUT2D eigenvalue weighted by atomic mass is 10.3. The molecule has 3 N–H and O–H groups in total. The van der Waals surface area contributed by atoms with Crippen LogP contribution in [-0.4, -0.2) is 27.2 Å². The van der Waals surface area contributed by atoms with Crippen LogP contribution in [0.5, 0.6) is 0 Å². The van der Waals surface area contributed by atoms with Gasteiger partial charge in [-0.15, -0.1) is 0 Å². The van der Waals surface area contributed by atoms with Crippen molar-refractivity contribution in [3.05, 3.63) is 17.5 Å². The highest BCUT2D eigenvalue weighted by Crippen LogP contribution is 2.03. The average Bonchev–Trinajstić information content (AvgIpc) is 2.65. The molecule has 17 heavy (non-hydrogen) atoms. The standard InChI is InChI=1S/C11H18N4OS/c1-3-15-9(7-8(2)14-15)11(16)13-6-4-5-10(12)17/h7H,3-6H2,1-2H3,(H2,12,17)(H,13,16). The molecule has 0 spiro atoms. The fraction of sp³-hybridized carbons (Fsp3) is 0.545. The Bertz CT molecular complexity index is 414. The Labute approximate surface area is 106 Å². The molecule has 0 aliphatic rings. The van der Waals surface area contributed by atoms with Crippen LogP contribution in [0.1, 0.15) is 35.9 Å². The van der Waals surface area contributed by atoms with Crippen LogP contribution in [0.25, 0.3) is 0 Å². The number of thiocarbonyl (C=S) groups is 1. The molecular formula is C11H18N4OS. The maximum Gasteiger partial charge on any atom is 0.269 e. The number of aromatic nitrogens is 2. The lowest BCUT2D eigenvalue weighted by Gasteiger charge is -2.06. The van der Waals surface area contributed by atoms with Gasteiger partial charge in [0.15, 0.2) is 0 Å². The van der Waals surface area contributed by atoms with Gasteiger partial charge in [0.05, 0.1) is 10.7 Å². The Kier molecular flexibility index (Phi) is 5.09. The van der Waals surface area contributed by atoms with Gasteiger partial charge in [0, 0.05) is 13.1 Å². The Morgan fingerprint density at radius 3 is 2.94 bits per heavy atom. The van der Waals surface area contributed by atoms with Crippen LogP contribution in [0, 0.1) is 6.92 Å². The maximum absolute atomic E-state index is 11.8. The van der Waals surface area contributed by atoms with E-state index in [1.807, 2.05) is 13.8 Å². The van der Waals surface area contributed by atoms with Crippen molar-refractivity contribution in [3.63, 3.8) is 0 Å². The zero-order chi connectivity index (χ0) is 12.8. The second-order valence-corrected chi connectivity index (χ2v) is 4.34. The van der Waals surface area contributed by atoms with Gasteiger partial charge in [0.2, 0.25) is 0 Å². The first-order chi connectivity index (χ1) is 8.04. The van der Waals surface area contributed by atoms with E-state index < -0.39 is 0 Å². The summed E-state index contributed by atoms with van der Waals surface area (Å²) in [7, 11) is 0. The van der Waals surface area contributed by atoms with Gasteiger partial charge >= 0.3 is 0 Å². The Morgan fingerprint density at radius 1 is 1.65 bits per heavy atom. The van der Waals surface area contributed by atoms with Crippen molar-refractivity contribution in [3.8, 4) is 0 Å². The topological polar surface area (TPSA) is 72.9 Å². The smallest absolute Gasteiger partial charge is 0.269 e. The minimum absolute atomic E-state index is 0.101. The molecule has 0 unspecified atom stereocenters. The number of rotatable bonds is 6. The number of nitrogens with one attached hydrogen (secondary N) is 1. The van der Waals surface area contributed by atoms with Crippen LogP contribution in [0.2, 0.25) is 0 Å². The van der Waals surface area contributed by atoms with Crippen LogP contribution < -0.4 is 11.1 Å². The second-order valence-electron chi connectivity index (χ2n) is 3.81. The number of nitrogens with two attached hydrogens (primary N) is 1. The quantitative estimate of drug-likeness (QED) is 0.587. The van der Waals surface area contributed by atoms with Crippen molar-refractivity contribution in [1.82, 2.24) is 15.1 Å². The first-order valence-electron chi connectivity index (χ1n) is 5.65. The third-order valence-corrected chi connectivity index (χ3v) is 2.52. The zero-order valence-corrected chi connectivity index (χ0v) is 11.0. The summed E-state index contributed by atoms with van der Waals surface area (Å²) in [5.41, 5.74) is 6.82. The molecule has 1 amide bonds. The largest absolute Gasteiger partial charge is 0.393 e. The van der Waals surface area contributed by atoms with Gasteiger partial charge in [-0.2, -0.15) is 5.10 Å². The van der Waals surface area contributed by atoms with Gasteiger partial charge in [-0.3, -0.25) is 9.48 Å². The van der Waals surface area contributed by atoms with Gasteiger partial charge in [-0.1, -0.05) is 12.2 Å². The molecule has 0 fully saturated rings. The Hall–Kier alpha value is -1.43. The van der Waals surface area contributed by atoms with E-state index in [1.54, 1.807) is 10.7 Å². The molecule has 0 aromatic carbocycles. The number of nitrogens with zero attached hydrogens (tertiary/aromatic N) is 2. The van der Waals surface area contributed by atoms with E-state index in [0.29, 0.717) is 30.2 Å². The van der Waals surface area contributed by atoms with E-state index in [2.05, 4.69) is 10.4 Å². The number of amides is 1. The highest BCUT2D eigenvalue weighted by atomic mass is 32.1. The second kappa shape index (κ2) is 6.34. The number of hydrogen-bond acceptors (Lipinski definition) is 3. The van der Waals surface area contributed by atoms with Gasteiger partial charge in [0.1, 0.15) is 5.69 Å². The SMILES string of the molecule is CCn1nc(C)cc1C(=O)NCCCC(N)=S. The highest BCUT2D eigenvalue weighted by molar-refractivity contribution is 7.80. The predicted octanol–water partition coefficient (Wildman–Crippen LogP) is 1.01. The molecule has 1 aromatic rings. The van der Waals surface area contributed by atoms with Crippen molar-refractivity contribution in [1.29, 1.82) is 0 Å². The Balaban J connectivity index is 2.49. The summed E-state index contributed by atoms with van der Waals surface area (Å²) < 4.78 is 1.69. The van der Waals surface area contributed by atoms with Crippen molar-refractivity contribution in [2.45, 2.75) is 33.2 Å². The molecule has 1 rings (SSSR count). The van der Waals surface area contributed by atoms with E-state index in [0.717, 1.165) is 12.1 Å². The van der Waals surface area contributed by atoms with Gasteiger partial charge < -0.3 is 11.1 Å². The summed E-state index contributed by atoms with van der Waals surface area (Å²) in [5, 5.41) is 7.05. The molecule has 1 heterocycles. The summed E-state index contributed by atoms with van der Waals surface area (Å²) >= 11 is 4.76. The first-order valence-corrected chi connectivity index (χ1v) is 6.06. The predicted molar refractivity (Wildman–Crippen MR) is 71.0 cm³/mol. The molecule has 0 saturated heterocycles. The summed E-state index contributed by atoms with van der Waals surface area (Å²) in [6.07, 6.45) is 1.42. The van der Waals surface area contributed by atoms with Crippen molar-refractivity contribution in [2.75, 3.05) is 6.54 Å². The van der Waals surface area contributed by atoms with E-state index in [1.165, 1.54) is 0 Å². The summed E-state index contributed by atoms with van der Waals surface area (Å²) in [6, 6.07) is 1.78. The molecule has 6 heteroatoms. The maximum atomic E-state index is 11.8. The normalized spacial score (nSPS) is 10.2. The van der Waals surface area contributed by atoms with E-state index in [-0.39, 0.29) is 5.91 Å². The van der Waals surface area contributed by atoms with Gasteiger partial charge in [0.25, 0.3) is 5.91 Å². The molecule has 0 atom stereocenters. The third-order valence-electron chi connectivity index (χ3n) is 2.32.